The molecule has 0 unspecified atom stereocenters. The van der Waals surface area contributed by atoms with Crippen LogP contribution in [0.4, 0.5) is 10.5 Å². The number of anilines is 1. The predicted molar refractivity (Wildman–Crippen MR) is 124 cm³/mol. The van der Waals surface area contributed by atoms with Crippen molar-refractivity contribution in [1.82, 2.24) is 9.62 Å². The molecule has 0 atom stereocenters. The maximum absolute atomic E-state index is 12.6. The third kappa shape index (κ3) is 5.17. The van der Waals surface area contributed by atoms with E-state index in [0.717, 1.165) is 67.3 Å². The second kappa shape index (κ2) is 8.85. The zero-order valence-electron chi connectivity index (χ0n) is 18.1. The molecule has 0 aliphatic heterocycles. The van der Waals surface area contributed by atoms with Gasteiger partial charge in [-0.05, 0) is 92.1 Å². The van der Waals surface area contributed by atoms with Crippen molar-refractivity contribution < 1.29 is 13.2 Å². The molecule has 0 saturated carbocycles. The summed E-state index contributed by atoms with van der Waals surface area (Å²) in [5, 5.41) is 3.90. The van der Waals surface area contributed by atoms with Gasteiger partial charge in [0.1, 0.15) is 0 Å². The van der Waals surface area contributed by atoms with Crippen LogP contribution in [0.15, 0.2) is 35.7 Å². The summed E-state index contributed by atoms with van der Waals surface area (Å²) in [5.41, 5.74) is 7.59. The molecular weight excluding hydrogens is 410 g/mol. The molecular formula is C24H29N3O3S. The SMILES string of the molecule is CN(C)Cc1cccc(/C=C/S(=O)(=O)NC(=O)Nc2c3c(cc4c2CCC4)CCC3)c1. The number of rotatable bonds is 6. The molecule has 2 aromatic rings. The summed E-state index contributed by atoms with van der Waals surface area (Å²) in [6.45, 7) is 0.765. The molecule has 164 valence electrons. The molecule has 7 heteroatoms. The second-order valence-electron chi connectivity index (χ2n) is 8.62. The molecule has 2 aromatic carbocycles. The van der Waals surface area contributed by atoms with Gasteiger partial charge in [0.15, 0.2) is 0 Å². The predicted octanol–water partition coefficient (Wildman–Crippen LogP) is 3.85. The monoisotopic (exact) mass is 439 g/mol. The van der Waals surface area contributed by atoms with Crippen molar-refractivity contribution in [3.8, 4) is 0 Å². The molecule has 4 rings (SSSR count). The van der Waals surface area contributed by atoms with Crippen molar-refractivity contribution in [2.75, 3.05) is 19.4 Å². The molecule has 0 spiro atoms. The van der Waals surface area contributed by atoms with Crippen LogP contribution in [0.3, 0.4) is 0 Å². The molecule has 0 radical (unpaired) electrons. The van der Waals surface area contributed by atoms with E-state index in [1.807, 2.05) is 43.3 Å². The van der Waals surface area contributed by atoms with Gasteiger partial charge in [-0.3, -0.25) is 0 Å². The minimum absolute atomic E-state index is 0.708. The molecule has 0 aromatic heterocycles. The van der Waals surface area contributed by atoms with E-state index in [1.54, 1.807) is 0 Å². The minimum atomic E-state index is -3.92. The Morgan fingerprint density at radius 3 is 2.35 bits per heavy atom. The van der Waals surface area contributed by atoms with Gasteiger partial charge in [0.2, 0.25) is 0 Å². The van der Waals surface area contributed by atoms with E-state index >= 15 is 0 Å². The van der Waals surface area contributed by atoms with Gasteiger partial charge in [0.05, 0.1) is 5.41 Å². The van der Waals surface area contributed by atoms with Crippen LogP contribution < -0.4 is 10.0 Å². The zero-order valence-corrected chi connectivity index (χ0v) is 18.9. The first kappa shape index (κ1) is 21.6. The van der Waals surface area contributed by atoms with Crippen molar-refractivity contribution in [2.24, 2.45) is 0 Å². The van der Waals surface area contributed by atoms with Crippen LogP contribution in [0, 0.1) is 0 Å². The third-order valence-electron chi connectivity index (χ3n) is 5.84. The highest BCUT2D eigenvalue weighted by atomic mass is 32.2. The summed E-state index contributed by atoms with van der Waals surface area (Å²) in [5.74, 6) is 0. The van der Waals surface area contributed by atoms with E-state index in [4.69, 9.17) is 0 Å². The fourth-order valence-electron chi connectivity index (χ4n) is 4.60. The molecule has 0 heterocycles. The number of fused-ring (bicyclic) bond motifs is 2. The molecule has 6 nitrogen and oxygen atoms in total. The first-order valence-corrected chi connectivity index (χ1v) is 12.3. The number of carbonyl (C=O) groups is 1. The number of amides is 2. The average molecular weight is 440 g/mol. The minimum Gasteiger partial charge on any atom is -0.307 e. The Kier molecular flexibility index (Phi) is 6.16. The number of hydrogen-bond donors (Lipinski definition) is 2. The summed E-state index contributed by atoms with van der Waals surface area (Å²) >= 11 is 0. The van der Waals surface area contributed by atoms with Crippen molar-refractivity contribution in [3.05, 3.63) is 69.1 Å². The molecule has 31 heavy (non-hydrogen) atoms. The highest BCUT2D eigenvalue weighted by Gasteiger charge is 2.25. The standard InChI is InChI=1S/C24H29N3O3S/c1-27(2)16-18-7-3-6-17(14-18)12-13-31(29,30)26-24(28)25-23-21-10-4-8-19(21)15-20-9-5-11-22(20)23/h3,6-7,12-15H,4-5,8-11,16H2,1-2H3,(H2,25,26,28)/b13-12+. The molecule has 0 bridgehead atoms. The van der Waals surface area contributed by atoms with Crippen LogP contribution in [0.25, 0.3) is 6.08 Å². The zero-order chi connectivity index (χ0) is 22.0. The van der Waals surface area contributed by atoms with Crippen molar-refractivity contribution in [3.63, 3.8) is 0 Å². The van der Waals surface area contributed by atoms with Crippen LogP contribution in [-0.2, 0) is 42.3 Å². The van der Waals surface area contributed by atoms with Gasteiger partial charge in [-0.1, -0.05) is 30.3 Å². The van der Waals surface area contributed by atoms with Gasteiger partial charge in [0, 0.05) is 12.2 Å². The van der Waals surface area contributed by atoms with Gasteiger partial charge < -0.3 is 10.2 Å². The van der Waals surface area contributed by atoms with E-state index in [1.165, 1.54) is 28.3 Å². The number of sulfonamides is 1. The van der Waals surface area contributed by atoms with Crippen LogP contribution >= 0.6 is 0 Å². The molecule has 2 N–H and O–H groups in total. The van der Waals surface area contributed by atoms with Gasteiger partial charge >= 0.3 is 6.03 Å². The number of aryl methyl sites for hydroxylation is 2. The maximum atomic E-state index is 12.6. The lowest BCUT2D eigenvalue weighted by Crippen LogP contribution is -2.33. The van der Waals surface area contributed by atoms with Crippen molar-refractivity contribution >= 4 is 27.8 Å². The largest absolute Gasteiger partial charge is 0.333 e. The average Bonchev–Trinajstić information content (AvgIpc) is 3.35. The first-order chi connectivity index (χ1) is 14.8. The number of benzene rings is 2. The van der Waals surface area contributed by atoms with Crippen LogP contribution in [0.2, 0.25) is 0 Å². The van der Waals surface area contributed by atoms with Gasteiger partial charge in [0.25, 0.3) is 10.0 Å². The number of carbonyl (C=O) groups excluding carboxylic acids is 1. The molecule has 2 amide bonds. The summed E-state index contributed by atoms with van der Waals surface area (Å²) in [6.07, 6.45) is 7.54. The van der Waals surface area contributed by atoms with Crippen LogP contribution in [0.5, 0.6) is 0 Å². The Morgan fingerprint density at radius 2 is 1.71 bits per heavy atom. The van der Waals surface area contributed by atoms with Crippen molar-refractivity contribution in [2.45, 2.75) is 45.1 Å². The van der Waals surface area contributed by atoms with E-state index in [0.29, 0.717) is 0 Å². The number of nitrogens with zero attached hydrogens (tertiary/aromatic N) is 1. The Labute approximate surface area is 184 Å². The Balaban J connectivity index is 1.46. The quantitative estimate of drug-likeness (QED) is 0.717. The maximum Gasteiger partial charge on any atom is 0.333 e. The Bertz CT molecular complexity index is 1100. The Hall–Kier alpha value is -2.64. The number of hydrogen-bond acceptors (Lipinski definition) is 4. The van der Waals surface area contributed by atoms with E-state index < -0.39 is 16.1 Å². The fraction of sp³-hybridized carbons (Fsp3) is 0.375. The summed E-state index contributed by atoms with van der Waals surface area (Å²) in [4.78, 5) is 14.6. The Morgan fingerprint density at radius 1 is 1.03 bits per heavy atom. The molecule has 0 fully saturated rings. The fourth-order valence-corrected chi connectivity index (χ4v) is 5.31. The van der Waals surface area contributed by atoms with Crippen LogP contribution in [0.1, 0.15) is 46.2 Å². The van der Waals surface area contributed by atoms with E-state index in [9.17, 15) is 13.2 Å². The molecule has 2 aliphatic rings. The molecule has 2 aliphatic carbocycles. The third-order valence-corrected chi connectivity index (χ3v) is 6.80. The van der Waals surface area contributed by atoms with E-state index in [2.05, 4.69) is 16.1 Å². The second-order valence-corrected chi connectivity index (χ2v) is 10.2. The lowest BCUT2D eigenvalue weighted by molar-refractivity contribution is 0.256. The summed E-state index contributed by atoms with van der Waals surface area (Å²) in [7, 11) is 0.0422. The first-order valence-electron chi connectivity index (χ1n) is 10.7. The highest BCUT2D eigenvalue weighted by Crippen LogP contribution is 2.38. The lowest BCUT2D eigenvalue weighted by atomic mass is 9.99. The topological polar surface area (TPSA) is 78.5 Å². The van der Waals surface area contributed by atoms with E-state index in [-0.39, 0.29) is 0 Å². The highest BCUT2D eigenvalue weighted by molar-refractivity contribution is 7.93. The van der Waals surface area contributed by atoms with Gasteiger partial charge in [-0.25, -0.2) is 17.9 Å². The van der Waals surface area contributed by atoms with Crippen LogP contribution in [-0.4, -0.2) is 33.4 Å². The molecule has 0 saturated heterocycles. The smallest absolute Gasteiger partial charge is 0.307 e. The normalized spacial score (nSPS) is 15.3. The van der Waals surface area contributed by atoms with Gasteiger partial charge in [-0.15, -0.1) is 0 Å². The summed E-state index contributed by atoms with van der Waals surface area (Å²) < 4.78 is 27.1. The van der Waals surface area contributed by atoms with Gasteiger partial charge in [-0.2, -0.15) is 0 Å². The number of urea groups is 1. The lowest BCUT2D eigenvalue weighted by Gasteiger charge is -2.16. The summed E-state index contributed by atoms with van der Waals surface area (Å²) in [6, 6.07) is 9.22. The van der Waals surface area contributed by atoms with Crippen molar-refractivity contribution in [1.29, 1.82) is 0 Å². The number of nitrogens with one attached hydrogen (secondary N) is 2.